The number of oxazole rings is 1. The summed E-state index contributed by atoms with van der Waals surface area (Å²) in [6, 6.07) is 20.0. The number of aliphatic hydroxyl groups excluding tert-OH is 1. The van der Waals surface area contributed by atoms with Crippen LogP contribution in [0.1, 0.15) is 12.3 Å². The molecule has 3 nitrogen and oxygen atoms in total. The molecule has 0 atom stereocenters. The van der Waals surface area contributed by atoms with Gasteiger partial charge in [0.2, 0.25) is 0 Å². The van der Waals surface area contributed by atoms with Crippen LogP contribution in [0.5, 0.6) is 0 Å². The standard InChI is InChI=1S/C18H17NO2/c20-13-7-12-16-19-17(14-8-3-1-4-9-14)18(21-16)15-10-5-2-6-11-15/h1-6,8-11,20H,7,12-13H2. The monoisotopic (exact) mass is 279 g/mol. The third-order valence-corrected chi connectivity index (χ3v) is 3.30. The lowest BCUT2D eigenvalue weighted by atomic mass is 10.1. The molecule has 1 aromatic heterocycles. The topological polar surface area (TPSA) is 46.3 Å². The second-order valence-corrected chi connectivity index (χ2v) is 4.84. The quantitative estimate of drug-likeness (QED) is 0.769. The van der Waals surface area contributed by atoms with Crippen molar-refractivity contribution < 1.29 is 9.52 Å². The van der Waals surface area contributed by atoms with Gasteiger partial charge in [0.25, 0.3) is 0 Å². The Morgan fingerprint density at radius 3 is 2.10 bits per heavy atom. The fourth-order valence-electron chi connectivity index (χ4n) is 2.28. The van der Waals surface area contributed by atoms with Crippen LogP contribution in [0.15, 0.2) is 65.1 Å². The number of aryl methyl sites for hydroxylation is 1. The lowest BCUT2D eigenvalue weighted by Gasteiger charge is -2.00. The molecule has 0 aliphatic rings. The van der Waals surface area contributed by atoms with Crippen molar-refractivity contribution in [1.82, 2.24) is 4.98 Å². The molecule has 0 radical (unpaired) electrons. The molecule has 0 aliphatic carbocycles. The molecule has 0 bridgehead atoms. The SMILES string of the molecule is OCCCc1nc(-c2ccccc2)c(-c2ccccc2)o1. The van der Waals surface area contributed by atoms with Crippen molar-refractivity contribution in [2.24, 2.45) is 0 Å². The number of hydrogen-bond donors (Lipinski definition) is 1. The summed E-state index contributed by atoms with van der Waals surface area (Å²) in [5.74, 6) is 1.46. The number of benzene rings is 2. The minimum absolute atomic E-state index is 0.143. The highest BCUT2D eigenvalue weighted by Crippen LogP contribution is 2.32. The molecule has 0 saturated carbocycles. The zero-order valence-corrected chi connectivity index (χ0v) is 11.7. The van der Waals surface area contributed by atoms with Crippen molar-refractivity contribution in [3.8, 4) is 22.6 Å². The van der Waals surface area contributed by atoms with Gasteiger partial charge in [-0.3, -0.25) is 0 Å². The van der Waals surface area contributed by atoms with E-state index in [2.05, 4.69) is 4.98 Å². The number of rotatable bonds is 5. The van der Waals surface area contributed by atoms with Gasteiger partial charge >= 0.3 is 0 Å². The van der Waals surface area contributed by atoms with Crippen molar-refractivity contribution in [3.63, 3.8) is 0 Å². The Hall–Kier alpha value is -2.39. The highest BCUT2D eigenvalue weighted by Gasteiger charge is 2.16. The zero-order chi connectivity index (χ0) is 14.5. The Morgan fingerprint density at radius 1 is 0.857 bits per heavy atom. The van der Waals surface area contributed by atoms with Crippen LogP contribution < -0.4 is 0 Å². The van der Waals surface area contributed by atoms with Crippen molar-refractivity contribution in [2.45, 2.75) is 12.8 Å². The summed E-state index contributed by atoms with van der Waals surface area (Å²) >= 11 is 0. The van der Waals surface area contributed by atoms with Gasteiger partial charge in [-0.2, -0.15) is 0 Å². The maximum Gasteiger partial charge on any atom is 0.195 e. The lowest BCUT2D eigenvalue weighted by Crippen LogP contribution is -1.89. The first-order valence-corrected chi connectivity index (χ1v) is 7.10. The van der Waals surface area contributed by atoms with Crippen LogP contribution in [0.2, 0.25) is 0 Å². The molecular formula is C18H17NO2. The van der Waals surface area contributed by atoms with E-state index in [0.717, 1.165) is 22.6 Å². The van der Waals surface area contributed by atoms with Crippen LogP contribution in [-0.2, 0) is 6.42 Å². The fourth-order valence-corrected chi connectivity index (χ4v) is 2.28. The van der Waals surface area contributed by atoms with Crippen LogP contribution in [0.4, 0.5) is 0 Å². The van der Waals surface area contributed by atoms with E-state index in [-0.39, 0.29) is 6.61 Å². The average molecular weight is 279 g/mol. The van der Waals surface area contributed by atoms with E-state index in [4.69, 9.17) is 9.52 Å². The molecule has 3 heteroatoms. The molecule has 1 heterocycles. The van der Waals surface area contributed by atoms with Crippen LogP contribution in [0, 0.1) is 0 Å². The van der Waals surface area contributed by atoms with E-state index in [1.807, 2.05) is 60.7 Å². The van der Waals surface area contributed by atoms with Crippen LogP contribution in [0.3, 0.4) is 0 Å². The van der Waals surface area contributed by atoms with Crippen molar-refractivity contribution in [2.75, 3.05) is 6.61 Å². The Labute approximate surface area is 123 Å². The Bertz CT molecular complexity index is 633. The molecule has 0 fully saturated rings. The third kappa shape index (κ3) is 3.03. The predicted octanol–water partition coefficient (Wildman–Crippen LogP) is 3.93. The van der Waals surface area contributed by atoms with Crippen molar-refractivity contribution in [3.05, 3.63) is 66.6 Å². The van der Waals surface area contributed by atoms with Crippen LogP contribution in [-0.4, -0.2) is 16.7 Å². The number of nitrogens with zero attached hydrogens (tertiary/aromatic N) is 1. The van der Waals surface area contributed by atoms with Gasteiger partial charge in [0, 0.05) is 24.2 Å². The van der Waals surface area contributed by atoms with E-state index in [1.54, 1.807) is 0 Å². The fraction of sp³-hybridized carbons (Fsp3) is 0.167. The molecule has 0 saturated heterocycles. The molecule has 1 N–H and O–H groups in total. The summed E-state index contributed by atoms with van der Waals surface area (Å²) in [6.07, 6.45) is 1.30. The molecular weight excluding hydrogens is 262 g/mol. The number of aromatic nitrogens is 1. The van der Waals surface area contributed by atoms with Gasteiger partial charge in [-0.05, 0) is 6.42 Å². The van der Waals surface area contributed by atoms with Gasteiger partial charge < -0.3 is 9.52 Å². The van der Waals surface area contributed by atoms with E-state index in [9.17, 15) is 0 Å². The first-order valence-electron chi connectivity index (χ1n) is 7.10. The number of hydrogen-bond acceptors (Lipinski definition) is 3. The molecule has 0 spiro atoms. The second kappa shape index (κ2) is 6.37. The third-order valence-electron chi connectivity index (χ3n) is 3.30. The first-order chi connectivity index (χ1) is 10.4. The summed E-state index contributed by atoms with van der Waals surface area (Å²) in [5, 5.41) is 8.97. The van der Waals surface area contributed by atoms with Gasteiger partial charge in [-0.15, -0.1) is 0 Å². The normalized spacial score (nSPS) is 10.7. The van der Waals surface area contributed by atoms with E-state index >= 15 is 0 Å². The summed E-state index contributed by atoms with van der Waals surface area (Å²) in [5.41, 5.74) is 2.91. The summed E-state index contributed by atoms with van der Waals surface area (Å²) in [7, 11) is 0. The van der Waals surface area contributed by atoms with Crippen LogP contribution in [0.25, 0.3) is 22.6 Å². The highest BCUT2D eigenvalue weighted by atomic mass is 16.4. The maximum atomic E-state index is 8.97. The maximum absolute atomic E-state index is 8.97. The molecule has 2 aromatic carbocycles. The van der Waals surface area contributed by atoms with E-state index in [0.29, 0.717) is 18.7 Å². The summed E-state index contributed by atoms with van der Waals surface area (Å²) < 4.78 is 5.94. The summed E-state index contributed by atoms with van der Waals surface area (Å²) in [6.45, 7) is 0.143. The van der Waals surface area contributed by atoms with Gasteiger partial charge in [-0.25, -0.2) is 4.98 Å². The molecule has 3 rings (SSSR count). The predicted molar refractivity (Wildman–Crippen MR) is 82.8 cm³/mol. The molecule has 106 valence electrons. The molecule has 0 aliphatic heterocycles. The van der Waals surface area contributed by atoms with Gasteiger partial charge in [0.05, 0.1) is 0 Å². The first kappa shape index (κ1) is 13.6. The van der Waals surface area contributed by atoms with Gasteiger partial charge in [-0.1, -0.05) is 60.7 Å². The van der Waals surface area contributed by atoms with Crippen LogP contribution >= 0.6 is 0 Å². The minimum Gasteiger partial charge on any atom is -0.440 e. The zero-order valence-electron chi connectivity index (χ0n) is 11.7. The van der Waals surface area contributed by atoms with Gasteiger partial charge in [0.15, 0.2) is 11.7 Å². The smallest absolute Gasteiger partial charge is 0.195 e. The van der Waals surface area contributed by atoms with Crippen molar-refractivity contribution >= 4 is 0 Å². The minimum atomic E-state index is 0.143. The summed E-state index contributed by atoms with van der Waals surface area (Å²) in [4.78, 5) is 4.62. The second-order valence-electron chi connectivity index (χ2n) is 4.84. The number of aliphatic hydroxyl groups is 1. The lowest BCUT2D eigenvalue weighted by molar-refractivity contribution is 0.283. The highest BCUT2D eigenvalue weighted by molar-refractivity contribution is 5.76. The van der Waals surface area contributed by atoms with E-state index < -0.39 is 0 Å². The molecule has 21 heavy (non-hydrogen) atoms. The largest absolute Gasteiger partial charge is 0.440 e. The molecule has 0 amide bonds. The van der Waals surface area contributed by atoms with Gasteiger partial charge in [0.1, 0.15) is 5.69 Å². The van der Waals surface area contributed by atoms with E-state index in [1.165, 1.54) is 0 Å². The van der Waals surface area contributed by atoms with Crippen molar-refractivity contribution in [1.29, 1.82) is 0 Å². The molecule has 3 aromatic rings. The Morgan fingerprint density at radius 2 is 1.48 bits per heavy atom. The Kier molecular flexibility index (Phi) is 4.12. The Balaban J connectivity index is 2.06. The molecule has 0 unspecified atom stereocenters. The average Bonchev–Trinajstić information content (AvgIpc) is 2.99.